The number of halogens is 2. The van der Waals surface area contributed by atoms with E-state index in [4.69, 9.17) is 5.11 Å². The minimum atomic E-state index is -5.14. The predicted octanol–water partition coefficient (Wildman–Crippen LogP) is -1.66. The first-order valence-corrected chi connectivity index (χ1v) is 5.54. The van der Waals surface area contributed by atoms with Crippen LogP contribution in [0.3, 0.4) is 0 Å². The van der Waals surface area contributed by atoms with Crippen LogP contribution in [0.5, 0.6) is 0 Å². The summed E-state index contributed by atoms with van der Waals surface area (Å²) in [6.07, 6.45) is -4.46. The molecule has 0 radical (unpaired) electrons. The lowest BCUT2D eigenvalue weighted by molar-refractivity contribution is -0.216. The summed E-state index contributed by atoms with van der Waals surface area (Å²) in [5.41, 5.74) is -4.28. The van der Waals surface area contributed by atoms with Gasteiger partial charge in [-0.15, -0.1) is 0 Å². The van der Waals surface area contributed by atoms with Crippen molar-refractivity contribution in [1.29, 1.82) is 0 Å². The van der Waals surface area contributed by atoms with Crippen LogP contribution in [0.4, 0.5) is 8.78 Å². The Balaban J connectivity index is 5.87. The molecule has 0 aliphatic carbocycles. The van der Waals surface area contributed by atoms with Crippen LogP contribution in [-0.2, 0) is 23.9 Å². The van der Waals surface area contributed by atoms with Crippen LogP contribution in [-0.4, -0.2) is 62.6 Å². The van der Waals surface area contributed by atoms with Gasteiger partial charge in [0.25, 0.3) is 5.60 Å². The third-order valence-corrected chi connectivity index (χ3v) is 2.54. The van der Waals surface area contributed by atoms with Crippen LogP contribution in [0, 0.1) is 0 Å². The molecule has 0 bridgehead atoms. The van der Waals surface area contributed by atoms with E-state index in [2.05, 4.69) is 4.74 Å². The maximum atomic E-state index is 13.8. The number of Topliss-reactive ketones (excluding diaryl/α,β-unsaturated/α-hetero) is 2. The molecule has 0 aliphatic heterocycles. The quantitative estimate of drug-likeness (QED) is 0.391. The van der Waals surface area contributed by atoms with Gasteiger partial charge in [-0.25, -0.2) is 4.79 Å². The van der Waals surface area contributed by atoms with Gasteiger partial charge >= 0.3 is 17.9 Å². The monoisotopic (exact) mass is 312 g/mol. The smallest absolute Gasteiger partial charge is 0.388 e. The number of carbonyl (C=O) groups excluding carboxylic acids is 4. The summed E-state index contributed by atoms with van der Waals surface area (Å²) in [6, 6.07) is 0. The molecule has 0 amide bonds. The van der Waals surface area contributed by atoms with Gasteiger partial charge in [-0.2, -0.15) is 8.78 Å². The van der Waals surface area contributed by atoms with Crippen molar-refractivity contribution in [2.24, 2.45) is 0 Å². The topological polar surface area (TPSA) is 138 Å². The number of hydrogen-bond donors (Lipinski definition) is 3. The van der Waals surface area contributed by atoms with Gasteiger partial charge in [-0.05, 0) is 13.8 Å². The van der Waals surface area contributed by atoms with E-state index in [1.54, 1.807) is 0 Å². The Morgan fingerprint density at radius 1 is 1.10 bits per heavy atom. The fourth-order valence-corrected chi connectivity index (χ4v) is 1.32. The molecule has 3 N–H and O–H groups in total. The van der Waals surface area contributed by atoms with E-state index < -0.39 is 47.2 Å². The van der Waals surface area contributed by atoms with E-state index in [1.807, 2.05) is 0 Å². The summed E-state index contributed by atoms with van der Waals surface area (Å²) in [5, 5.41) is 27.9. The Kier molecular flexibility index (Phi) is 5.79. The van der Waals surface area contributed by atoms with Crippen molar-refractivity contribution >= 4 is 23.5 Å². The standard InChI is InChI=1S/C11H14F2O8/c1-4(14)7(17)8(18)10(20,5(2)15)11(12,13)9(19)21-6(3)16/h4,7,14,17,20H,1-3H3/t4?,7?,10-/m1/s1. The van der Waals surface area contributed by atoms with Crippen LogP contribution in [0.2, 0.25) is 0 Å². The molecule has 0 spiro atoms. The highest BCUT2D eigenvalue weighted by molar-refractivity contribution is 6.16. The van der Waals surface area contributed by atoms with E-state index in [-0.39, 0.29) is 0 Å². The largest absolute Gasteiger partial charge is 0.390 e. The zero-order chi connectivity index (χ0) is 17.2. The van der Waals surface area contributed by atoms with Crippen LogP contribution in [0.25, 0.3) is 0 Å². The Bertz CT molecular complexity index is 473. The highest BCUT2D eigenvalue weighted by Gasteiger charge is 2.68. The van der Waals surface area contributed by atoms with Gasteiger partial charge < -0.3 is 20.1 Å². The molecule has 0 heterocycles. The number of carbonyl (C=O) groups is 4. The normalized spacial score (nSPS) is 17.3. The molecule has 2 unspecified atom stereocenters. The second kappa shape index (κ2) is 6.33. The molecule has 0 aromatic carbocycles. The van der Waals surface area contributed by atoms with Crippen molar-refractivity contribution < 1.29 is 48.0 Å². The number of ketones is 2. The van der Waals surface area contributed by atoms with E-state index in [0.717, 1.165) is 6.92 Å². The second-order valence-corrected chi connectivity index (χ2v) is 4.27. The maximum Gasteiger partial charge on any atom is 0.388 e. The van der Waals surface area contributed by atoms with Crippen molar-refractivity contribution in [2.75, 3.05) is 0 Å². The Morgan fingerprint density at radius 2 is 1.52 bits per heavy atom. The summed E-state index contributed by atoms with van der Waals surface area (Å²) >= 11 is 0. The van der Waals surface area contributed by atoms with Gasteiger partial charge in [0.1, 0.15) is 6.10 Å². The molecule has 3 atom stereocenters. The number of hydrogen-bond acceptors (Lipinski definition) is 8. The van der Waals surface area contributed by atoms with Gasteiger partial charge in [-0.3, -0.25) is 14.4 Å². The molecule has 0 saturated heterocycles. The fourth-order valence-electron chi connectivity index (χ4n) is 1.32. The van der Waals surface area contributed by atoms with Gasteiger partial charge in [0.05, 0.1) is 6.10 Å². The molecule has 0 aromatic heterocycles. The lowest BCUT2D eigenvalue weighted by Crippen LogP contribution is -2.66. The zero-order valence-electron chi connectivity index (χ0n) is 11.3. The van der Waals surface area contributed by atoms with Gasteiger partial charge in [-0.1, -0.05) is 0 Å². The third kappa shape index (κ3) is 3.46. The Morgan fingerprint density at radius 3 is 1.81 bits per heavy atom. The van der Waals surface area contributed by atoms with Crippen molar-refractivity contribution in [3.63, 3.8) is 0 Å². The first-order valence-electron chi connectivity index (χ1n) is 5.54. The first kappa shape index (κ1) is 19.2. The molecule has 120 valence electrons. The highest BCUT2D eigenvalue weighted by Crippen LogP contribution is 2.33. The van der Waals surface area contributed by atoms with E-state index in [1.165, 1.54) is 0 Å². The minimum Gasteiger partial charge on any atom is -0.390 e. The molecule has 0 rings (SSSR count). The molecule has 0 fully saturated rings. The predicted molar refractivity (Wildman–Crippen MR) is 60.0 cm³/mol. The van der Waals surface area contributed by atoms with Gasteiger partial charge in [0.2, 0.25) is 5.78 Å². The Hall–Kier alpha value is -1.78. The lowest BCUT2D eigenvalue weighted by atomic mass is 9.83. The number of ether oxygens (including phenoxy) is 1. The van der Waals surface area contributed by atoms with Crippen molar-refractivity contribution in [3.8, 4) is 0 Å². The second-order valence-electron chi connectivity index (χ2n) is 4.27. The SMILES string of the molecule is CC(=O)OC(=O)C(F)(F)[C@@](O)(C(C)=O)C(=O)C(O)C(C)O. The van der Waals surface area contributed by atoms with E-state index in [0.29, 0.717) is 13.8 Å². The van der Waals surface area contributed by atoms with Crippen molar-refractivity contribution in [3.05, 3.63) is 0 Å². The summed E-state index contributed by atoms with van der Waals surface area (Å²) in [7, 11) is 0. The molecular formula is C11H14F2O8. The average molecular weight is 312 g/mol. The van der Waals surface area contributed by atoms with E-state index >= 15 is 0 Å². The zero-order valence-corrected chi connectivity index (χ0v) is 11.3. The van der Waals surface area contributed by atoms with Crippen molar-refractivity contribution in [1.82, 2.24) is 0 Å². The molecule has 8 nitrogen and oxygen atoms in total. The molecular weight excluding hydrogens is 298 g/mol. The average Bonchev–Trinajstić information content (AvgIpc) is 2.34. The maximum absolute atomic E-state index is 13.8. The summed E-state index contributed by atoms with van der Waals surface area (Å²) in [6.45, 7) is 1.80. The summed E-state index contributed by atoms with van der Waals surface area (Å²) < 4.78 is 31.2. The molecule has 0 saturated carbocycles. The molecule has 21 heavy (non-hydrogen) atoms. The van der Waals surface area contributed by atoms with Crippen LogP contribution in [0.1, 0.15) is 20.8 Å². The molecule has 0 aromatic rings. The van der Waals surface area contributed by atoms with Crippen LogP contribution >= 0.6 is 0 Å². The number of aliphatic hydroxyl groups excluding tert-OH is 2. The number of rotatable bonds is 6. The number of alkyl halides is 2. The highest BCUT2D eigenvalue weighted by atomic mass is 19.3. The summed E-state index contributed by atoms with van der Waals surface area (Å²) in [5.74, 6) is -13.3. The number of aliphatic hydroxyl groups is 3. The molecule has 10 heteroatoms. The lowest BCUT2D eigenvalue weighted by Gasteiger charge is -2.32. The Labute approximate surface area is 117 Å². The van der Waals surface area contributed by atoms with Crippen LogP contribution < -0.4 is 0 Å². The van der Waals surface area contributed by atoms with Crippen molar-refractivity contribution in [2.45, 2.75) is 44.5 Å². The summed E-state index contributed by atoms with van der Waals surface area (Å²) in [4.78, 5) is 44.5. The van der Waals surface area contributed by atoms with Crippen LogP contribution in [0.15, 0.2) is 0 Å². The molecule has 0 aliphatic rings. The number of esters is 2. The fraction of sp³-hybridized carbons (Fsp3) is 0.636. The minimum absolute atomic E-state index is 0.363. The van der Waals surface area contributed by atoms with E-state index in [9.17, 15) is 38.2 Å². The first-order chi connectivity index (χ1) is 9.30. The van der Waals surface area contributed by atoms with Gasteiger partial charge in [0.15, 0.2) is 5.78 Å². The van der Waals surface area contributed by atoms with Gasteiger partial charge in [0, 0.05) is 6.92 Å². The third-order valence-electron chi connectivity index (χ3n) is 2.54.